The van der Waals surface area contributed by atoms with E-state index < -0.39 is 0 Å². The van der Waals surface area contributed by atoms with Crippen LogP contribution in [-0.4, -0.2) is 67.6 Å². The molecule has 34 heavy (non-hydrogen) atoms. The summed E-state index contributed by atoms with van der Waals surface area (Å²) in [7, 11) is 0. The Kier molecular flexibility index (Phi) is 6.97. The second kappa shape index (κ2) is 10.3. The molecule has 3 unspecified atom stereocenters. The van der Waals surface area contributed by atoms with Crippen molar-refractivity contribution >= 4 is 11.8 Å². The maximum Gasteiger partial charge on any atom is 0.254 e. The fourth-order valence-corrected chi connectivity index (χ4v) is 5.77. The molecule has 6 heteroatoms. The average Bonchev–Trinajstić information content (AvgIpc) is 3.59. The smallest absolute Gasteiger partial charge is 0.254 e. The van der Waals surface area contributed by atoms with Gasteiger partial charge in [0, 0.05) is 44.9 Å². The number of amides is 2. The second-order valence-electron chi connectivity index (χ2n) is 10.1. The number of hydrogen-bond donors (Lipinski definition) is 1. The monoisotopic (exact) mass is 461 g/mol. The number of carbonyl (C=O) groups is 2. The lowest BCUT2D eigenvalue weighted by Gasteiger charge is -2.25. The molecule has 2 amide bonds. The van der Waals surface area contributed by atoms with Gasteiger partial charge >= 0.3 is 0 Å². The molecule has 2 aromatic rings. The predicted octanol–water partition coefficient (Wildman–Crippen LogP) is 3.28. The van der Waals surface area contributed by atoms with E-state index in [0.29, 0.717) is 25.0 Å². The van der Waals surface area contributed by atoms with E-state index in [1.807, 2.05) is 54.3 Å². The van der Waals surface area contributed by atoms with Gasteiger partial charge in [-0.3, -0.25) is 9.59 Å². The van der Waals surface area contributed by atoms with Crippen molar-refractivity contribution in [2.45, 2.75) is 25.8 Å². The predicted molar refractivity (Wildman–Crippen MR) is 131 cm³/mol. The molecule has 6 nitrogen and oxygen atoms in total. The number of nitrogens with one attached hydrogen (secondary N) is 1. The van der Waals surface area contributed by atoms with E-state index in [-0.39, 0.29) is 23.8 Å². The van der Waals surface area contributed by atoms with Crippen LogP contribution >= 0.6 is 0 Å². The molecular weight excluding hydrogens is 426 g/mol. The fraction of sp³-hybridized carbons (Fsp3) is 0.500. The lowest BCUT2D eigenvalue weighted by Crippen LogP contribution is -2.37. The number of likely N-dealkylation sites (tertiary alicyclic amines) is 2. The Hall–Kier alpha value is -2.70. The van der Waals surface area contributed by atoms with Crippen LogP contribution in [0.15, 0.2) is 54.6 Å². The summed E-state index contributed by atoms with van der Waals surface area (Å²) in [4.78, 5) is 30.4. The highest BCUT2D eigenvalue weighted by Crippen LogP contribution is 2.33. The Morgan fingerprint density at radius 1 is 1.00 bits per heavy atom. The molecule has 3 heterocycles. The molecule has 3 aliphatic heterocycles. The van der Waals surface area contributed by atoms with Crippen molar-refractivity contribution in [1.82, 2.24) is 15.1 Å². The SMILES string of the molecule is Cc1ccccc1C(=O)N1CC2CN(CC[C@H](NC(=O)C3CCOC3)c3ccccc3)CC2C1. The highest BCUT2D eigenvalue weighted by Gasteiger charge is 2.41. The molecule has 3 fully saturated rings. The summed E-state index contributed by atoms with van der Waals surface area (Å²) >= 11 is 0. The van der Waals surface area contributed by atoms with Crippen molar-refractivity contribution in [3.63, 3.8) is 0 Å². The van der Waals surface area contributed by atoms with Crippen LogP contribution in [-0.2, 0) is 9.53 Å². The highest BCUT2D eigenvalue weighted by atomic mass is 16.5. The van der Waals surface area contributed by atoms with E-state index in [1.165, 1.54) is 0 Å². The molecular formula is C28H35N3O3. The van der Waals surface area contributed by atoms with Gasteiger partial charge in [-0.25, -0.2) is 0 Å². The third-order valence-corrected chi connectivity index (χ3v) is 7.78. The number of carbonyl (C=O) groups excluding carboxylic acids is 2. The maximum atomic E-state index is 13.0. The van der Waals surface area contributed by atoms with E-state index in [1.54, 1.807) is 0 Å². The zero-order valence-corrected chi connectivity index (χ0v) is 20.0. The first-order valence-corrected chi connectivity index (χ1v) is 12.6. The topological polar surface area (TPSA) is 61.9 Å². The number of hydrogen-bond acceptors (Lipinski definition) is 4. The average molecular weight is 462 g/mol. The summed E-state index contributed by atoms with van der Waals surface area (Å²) < 4.78 is 5.41. The van der Waals surface area contributed by atoms with Crippen LogP contribution in [0.25, 0.3) is 0 Å². The first-order valence-electron chi connectivity index (χ1n) is 12.6. The van der Waals surface area contributed by atoms with Gasteiger partial charge in [-0.2, -0.15) is 0 Å². The lowest BCUT2D eigenvalue weighted by atomic mass is 10.0. The highest BCUT2D eigenvalue weighted by molar-refractivity contribution is 5.95. The maximum absolute atomic E-state index is 13.0. The minimum Gasteiger partial charge on any atom is -0.381 e. The molecule has 5 rings (SSSR count). The molecule has 0 aromatic heterocycles. The van der Waals surface area contributed by atoms with Crippen LogP contribution in [0.1, 0.15) is 40.4 Å². The minimum absolute atomic E-state index is 0.00822. The van der Waals surface area contributed by atoms with Crippen LogP contribution < -0.4 is 5.32 Å². The van der Waals surface area contributed by atoms with Gasteiger partial charge in [0.1, 0.15) is 0 Å². The molecule has 3 saturated heterocycles. The number of aryl methyl sites for hydroxylation is 1. The van der Waals surface area contributed by atoms with Crippen LogP contribution in [0.2, 0.25) is 0 Å². The molecule has 0 radical (unpaired) electrons. The first kappa shape index (κ1) is 23.1. The Balaban J connectivity index is 1.16. The quantitative estimate of drug-likeness (QED) is 0.688. The molecule has 1 N–H and O–H groups in total. The van der Waals surface area contributed by atoms with Gasteiger partial charge < -0.3 is 19.9 Å². The van der Waals surface area contributed by atoms with Crippen molar-refractivity contribution in [2.24, 2.45) is 17.8 Å². The van der Waals surface area contributed by atoms with Crippen molar-refractivity contribution in [1.29, 1.82) is 0 Å². The Morgan fingerprint density at radius 2 is 1.71 bits per heavy atom. The van der Waals surface area contributed by atoms with Crippen LogP contribution in [0.4, 0.5) is 0 Å². The van der Waals surface area contributed by atoms with Crippen LogP contribution in [0, 0.1) is 24.7 Å². The zero-order valence-electron chi connectivity index (χ0n) is 20.0. The van der Waals surface area contributed by atoms with E-state index >= 15 is 0 Å². The van der Waals surface area contributed by atoms with Crippen molar-refractivity contribution < 1.29 is 14.3 Å². The Bertz CT molecular complexity index is 991. The first-order chi connectivity index (χ1) is 16.6. The Labute approximate surface area is 202 Å². The summed E-state index contributed by atoms with van der Waals surface area (Å²) in [6.45, 7) is 7.88. The van der Waals surface area contributed by atoms with Crippen LogP contribution in [0.5, 0.6) is 0 Å². The molecule has 180 valence electrons. The number of rotatable bonds is 7. The standard InChI is InChI=1S/C28H35N3O3/c1-20-7-5-6-10-25(20)28(33)31-17-23-15-30(16-24(23)18-31)13-11-26(21-8-3-2-4-9-21)29-27(32)22-12-14-34-19-22/h2-10,22-24,26H,11-19H2,1H3,(H,29,32)/t22?,23?,24?,26-/m0/s1. The molecule has 0 spiro atoms. The normalized spacial score (nSPS) is 25.3. The number of fused-ring (bicyclic) bond motifs is 1. The molecule has 3 aliphatic rings. The van der Waals surface area contributed by atoms with Gasteiger partial charge in [0.25, 0.3) is 5.91 Å². The van der Waals surface area contributed by atoms with E-state index in [4.69, 9.17) is 4.74 Å². The number of ether oxygens (including phenoxy) is 1. The summed E-state index contributed by atoms with van der Waals surface area (Å²) in [5, 5.41) is 3.30. The molecule has 4 atom stereocenters. The van der Waals surface area contributed by atoms with Crippen molar-refractivity contribution in [2.75, 3.05) is 45.9 Å². The molecule has 0 bridgehead atoms. The lowest BCUT2D eigenvalue weighted by molar-refractivity contribution is -0.125. The van der Waals surface area contributed by atoms with Gasteiger partial charge in [-0.05, 0) is 48.8 Å². The second-order valence-corrected chi connectivity index (χ2v) is 10.1. The summed E-state index contributed by atoms with van der Waals surface area (Å²) in [6.07, 6.45) is 1.69. The van der Waals surface area contributed by atoms with Crippen molar-refractivity contribution in [3.8, 4) is 0 Å². The fourth-order valence-electron chi connectivity index (χ4n) is 5.77. The van der Waals surface area contributed by atoms with Gasteiger partial charge in [-0.15, -0.1) is 0 Å². The van der Waals surface area contributed by atoms with Gasteiger partial charge in [0.05, 0.1) is 18.6 Å². The molecule has 2 aromatic carbocycles. The van der Waals surface area contributed by atoms with Gasteiger partial charge in [0.2, 0.25) is 5.91 Å². The van der Waals surface area contributed by atoms with E-state index in [0.717, 1.165) is 62.3 Å². The van der Waals surface area contributed by atoms with E-state index in [2.05, 4.69) is 22.3 Å². The third kappa shape index (κ3) is 5.03. The summed E-state index contributed by atoms with van der Waals surface area (Å²) in [6, 6.07) is 18.2. The van der Waals surface area contributed by atoms with E-state index in [9.17, 15) is 9.59 Å². The van der Waals surface area contributed by atoms with Crippen molar-refractivity contribution in [3.05, 3.63) is 71.3 Å². The minimum atomic E-state index is -0.0332. The third-order valence-electron chi connectivity index (χ3n) is 7.78. The van der Waals surface area contributed by atoms with Gasteiger partial charge in [0.15, 0.2) is 0 Å². The summed E-state index contributed by atoms with van der Waals surface area (Å²) in [5.41, 5.74) is 3.03. The number of nitrogens with zero attached hydrogens (tertiary/aromatic N) is 2. The number of benzene rings is 2. The Morgan fingerprint density at radius 3 is 2.38 bits per heavy atom. The zero-order chi connectivity index (χ0) is 23.5. The van der Waals surface area contributed by atoms with Crippen LogP contribution in [0.3, 0.4) is 0 Å². The molecule has 0 saturated carbocycles. The largest absolute Gasteiger partial charge is 0.381 e. The summed E-state index contributed by atoms with van der Waals surface area (Å²) in [5.74, 6) is 1.31. The van der Waals surface area contributed by atoms with Gasteiger partial charge in [-0.1, -0.05) is 48.5 Å². The molecule has 0 aliphatic carbocycles.